The predicted molar refractivity (Wildman–Crippen MR) is 113 cm³/mol. The van der Waals surface area contributed by atoms with E-state index in [1.165, 1.54) is 16.8 Å². The van der Waals surface area contributed by atoms with Gasteiger partial charge in [0.1, 0.15) is 11.6 Å². The number of rotatable bonds is 4. The van der Waals surface area contributed by atoms with E-state index in [2.05, 4.69) is 15.2 Å². The molecule has 8 heteroatoms. The fraction of sp³-hybridized carbons (Fsp3) is 0.0435. The molecule has 0 saturated carbocycles. The Morgan fingerprint density at radius 2 is 1.65 bits per heavy atom. The van der Waals surface area contributed by atoms with Crippen molar-refractivity contribution in [3.63, 3.8) is 0 Å². The Bertz CT molecular complexity index is 1440. The molecule has 31 heavy (non-hydrogen) atoms. The molecular formula is C23H15FN4O3. The highest BCUT2D eigenvalue weighted by molar-refractivity contribution is 5.92. The number of hydrogen-bond donors (Lipinski definition) is 0. The van der Waals surface area contributed by atoms with Crippen molar-refractivity contribution in [1.82, 2.24) is 19.9 Å². The van der Waals surface area contributed by atoms with E-state index in [4.69, 9.17) is 9.26 Å². The number of methoxy groups -OCH3 is 1. The van der Waals surface area contributed by atoms with Crippen LogP contribution in [0.3, 0.4) is 0 Å². The van der Waals surface area contributed by atoms with Crippen LogP contribution >= 0.6 is 0 Å². The molecule has 0 saturated heterocycles. The first-order valence-corrected chi connectivity index (χ1v) is 9.40. The van der Waals surface area contributed by atoms with E-state index in [-0.39, 0.29) is 17.3 Å². The molecular weight excluding hydrogens is 399 g/mol. The van der Waals surface area contributed by atoms with Gasteiger partial charge in [-0.2, -0.15) is 14.8 Å². The van der Waals surface area contributed by atoms with Gasteiger partial charge in [-0.25, -0.2) is 4.39 Å². The van der Waals surface area contributed by atoms with Gasteiger partial charge in [-0.05, 0) is 54.6 Å². The lowest BCUT2D eigenvalue weighted by atomic mass is 10.1. The first-order chi connectivity index (χ1) is 15.1. The number of fused-ring (bicyclic) bond motifs is 1. The highest BCUT2D eigenvalue weighted by atomic mass is 19.1. The van der Waals surface area contributed by atoms with Crippen molar-refractivity contribution in [1.29, 1.82) is 0 Å². The number of ether oxygens (including phenoxy) is 1. The summed E-state index contributed by atoms with van der Waals surface area (Å²) >= 11 is 0. The summed E-state index contributed by atoms with van der Waals surface area (Å²) in [5, 5.41) is 9.57. The van der Waals surface area contributed by atoms with Crippen molar-refractivity contribution in [2.45, 2.75) is 0 Å². The second kappa shape index (κ2) is 7.49. The first kappa shape index (κ1) is 18.7. The third-order valence-corrected chi connectivity index (χ3v) is 4.85. The molecule has 0 radical (unpaired) electrons. The average Bonchev–Trinajstić information content (AvgIpc) is 3.30. The van der Waals surface area contributed by atoms with E-state index in [0.717, 1.165) is 0 Å². The van der Waals surface area contributed by atoms with Crippen LogP contribution in [0.25, 0.3) is 39.4 Å². The summed E-state index contributed by atoms with van der Waals surface area (Å²) in [5.74, 6) is 0.756. The molecule has 0 fully saturated rings. The Hall–Kier alpha value is -4.33. The quantitative estimate of drug-likeness (QED) is 0.437. The molecule has 0 amide bonds. The number of benzene rings is 3. The summed E-state index contributed by atoms with van der Waals surface area (Å²) in [6.45, 7) is 0. The van der Waals surface area contributed by atoms with Crippen molar-refractivity contribution in [3.8, 4) is 34.4 Å². The van der Waals surface area contributed by atoms with E-state index >= 15 is 0 Å². The monoisotopic (exact) mass is 414 g/mol. The molecule has 152 valence electrons. The summed E-state index contributed by atoms with van der Waals surface area (Å²) in [6, 6.07) is 19.8. The van der Waals surface area contributed by atoms with Crippen LogP contribution in [0.15, 0.2) is 82.1 Å². The lowest BCUT2D eigenvalue weighted by Gasteiger charge is -2.09. The summed E-state index contributed by atoms with van der Waals surface area (Å²) in [7, 11) is 1.57. The summed E-state index contributed by atoms with van der Waals surface area (Å²) in [4.78, 5) is 17.5. The molecule has 5 aromatic rings. The van der Waals surface area contributed by atoms with E-state index in [0.29, 0.717) is 39.3 Å². The Kier molecular flexibility index (Phi) is 4.51. The van der Waals surface area contributed by atoms with Crippen LogP contribution in [0.4, 0.5) is 4.39 Å². The molecule has 0 bridgehead atoms. The van der Waals surface area contributed by atoms with E-state index in [1.807, 2.05) is 6.07 Å². The Balaban J connectivity index is 1.69. The first-order valence-electron chi connectivity index (χ1n) is 9.40. The maximum atomic E-state index is 13.2. The van der Waals surface area contributed by atoms with Crippen molar-refractivity contribution in [2.24, 2.45) is 0 Å². The standard InChI is InChI=1S/C23H15FN4O3/c1-30-17-12-10-16(11-13-17)28-23(29)19-5-3-2-4-18(19)20(26-28)22-25-21(27-31-22)14-6-8-15(24)9-7-14/h2-13H,1H3. The third kappa shape index (κ3) is 3.33. The molecule has 5 rings (SSSR count). The second-order valence-electron chi connectivity index (χ2n) is 6.74. The normalized spacial score (nSPS) is 11.0. The van der Waals surface area contributed by atoms with Gasteiger partial charge in [-0.1, -0.05) is 23.4 Å². The summed E-state index contributed by atoms with van der Waals surface area (Å²) in [6.07, 6.45) is 0. The van der Waals surface area contributed by atoms with Gasteiger partial charge in [-0.15, -0.1) is 0 Å². The zero-order valence-corrected chi connectivity index (χ0v) is 16.3. The third-order valence-electron chi connectivity index (χ3n) is 4.85. The second-order valence-corrected chi connectivity index (χ2v) is 6.74. The highest BCUT2D eigenvalue weighted by Crippen LogP contribution is 2.26. The predicted octanol–water partition coefficient (Wildman–Crippen LogP) is 4.25. The molecule has 0 aliphatic carbocycles. The lowest BCUT2D eigenvalue weighted by Crippen LogP contribution is -2.22. The number of nitrogens with zero attached hydrogens (tertiary/aromatic N) is 4. The van der Waals surface area contributed by atoms with Crippen LogP contribution in [0.2, 0.25) is 0 Å². The van der Waals surface area contributed by atoms with E-state index in [9.17, 15) is 9.18 Å². The minimum atomic E-state index is -0.355. The molecule has 2 aromatic heterocycles. The zero-order chi connectivity index (χ0) is 21.4. The number of aromatic nitrogens is 4. The molecule has 3 aromatic carbocycles. The maximum Gasteiger partial charge on any atom is 0.279 e. The van der Waals surface area contributed by atoms with Gasteiger partial charge < -0.3 is 9.26 Å². The summed E-state index contributed by atoms with van der Waals surface area (Å²) in [5.41, 5.74) is 1.26. The minimum Gasteiger partial charge on any atom is -0.497 e. The zero-order valence-electron chi connectivity index (χ0n) is 16.3. The maximum absolute atomic E-state index is 13.2. The van der Waals surface area contributed by atoms with Crippen molar-refractivity contribution in [2.75, 3.05) is 7.11 Å². The van der Waals surface area contributed by atoms with Crippen LogP contribution < -0.4 is 10.3 Å². The molecule has 0 unspecified atom stereocenters. The van der Waals surface area contributed by atoms with E-state index < -0.39 is 0 Å². The fourth-order valence-corrected chi connectivity index (χ4v) is 3.28. The fourth-order valence-electron chi connectivity index (χ4n) is 3.28. The van der Waals surface area contributed by atoms with Crippen LogP contribution in [0, 0.1) is 5.82 Å². The molecule has 2 heterocycles. The molecule has 0 atom stereocenters. The van der Waals surface area contributed by atoms with Crippen molar-refractivity contribution < 1.29 is 13.7 Å². The number of halogens is 1. The number of hydrogen-bond acceptors (Lipinski definition) is 6. The molecule has 0 aliphatic rings. The topological polar surface area (TPSA) is 83.0 Å². The molecule has 7 nitrogen and oxygen atoms in total. The van der Waals surface area contributed by atoms with Gasteiger partial charge >= 0.3 is 0 Å². The molecule has 0 aliphatic heterocycles. The van der Waals surface area contributed by atoms with Gasteiger partial charge in [0.25, 0.3) is 11.4 Å². The SMILES string of the molecule is COc1ccc(-n2nc(-c3nc(-c4ccc(F)cc4)no3)c3ccccc3c2=O)cc1. The van der Waals surface area contributed by atoms with Crippen molar-refractivity contribution in [3.05, 3.63) is 89.0 Å². The van der Waals surface area contributed by atoms with Crippen LogP contribution in [-0.2, 0) is 0 Å². The minimum absolute atomic E-state index is 0.151. The van der Waals surface area contributed by atoms with Crippen LogP contribution in [0.1, 0.15) is 0 Å². The summed E-state index contributed by atoms with van der Waals surface area (Å²) < 4.78 is 25.2. The Labute approximate surface area is 175 Å². The van der Waals surface area contributed by atoms with Gasteiger partial charge in [0.05, 0.1) is 18.2 Å². The Morgan fingerprint density at radius 1 is 0.935 bits per heavy atom. The highest BCUT2D eigenvalue weighted by Gasteiger charge is 2.19. The average molecular weight is 414 g/mol. The largest absolute Gasteiger partial charge is 0.497 e. The van der Waals surface area contributed by atoms with E-state index in [1.54, 1.807) is 61.7 Å². The molecule has 0 spiro atoms. The van der Waals surface area contributed by atoms with Crippen molar-refractivity contribution >= 4 is 10.8 Å². The Morgan fingerprint density at radius 3 is 2.35 bits per heavy atom. The van der Waals surface area contributed by atoms with Gasteiger partial charge in [0, 0.05) is 10.9 Å². The van der Waals surface area contributed by atoms with Gasteiger partial charge in [-0.3, -0.25) is 4.79 Å². The van der Waals surface area contributed by atoms with Crippen LogP contribution in [0.5, 0.6) is 5.75 Å². The van der Waals surface area contributed by atoms with Gasteiger partial charge in [0.2, 0.25) is 5.82 Å². The lowest BCUT2D eigenvalue weighted by molar-refractivity contribution is 0.414. The van der Waals surface area contributed by atoms with Crippen LogP contribution in [-0.4, -0.2) is 27.0 Å². The van der Waals surface area contributed by atoms with Gasteiger partial charge in [0.15, 0.2) is 5.69 Å². The smallest absolute Gasteiger partial charge is 0.279 e. The molecule has 0 N–H and O–H groups in total.